The minimum atomic E-state index is -0.969. The second kappa shape index (κ2) is 10.5. The van der Waals surface area contributed by atoms with Crippen LogP contribution in [0.15, 0.2) is 29.3 Å². The molecule has 34 heavy (non-hydrogen) atoms. The number of hydrogen-bond donors (Lipinski definition) is 1. The monoisotopic (exact) mass is 494 g/mol. The lowest BCUT2D eigenvalue weighted by Crippen LogP contribution is -2.60. The van der Waals surface area contributed by atoms with Crippen LogP contribution in [0.1, 0.15) is 71.1 Å². The van der Waals surface area contributed by atoms with Crippen molar-refractivity contribution >= 4 is 30.0 Å². The zero-order valence-electron chi connectivity index (χ0n) is 20.0. The summed E-state index contributed by atoms with van der Waals surface area (Å²) in [6.07, 6.45) is 8.79. The second-order valence-corrected chi connectivity index (χ2v) is 10.6. The van der Waals surface area contributed by atoms with Gasteiger partial charge in [0.25, 0.3) is 0 Å². The van der Waals surface area contributed by atoms with Gasteiger partial charge >= 0.3 is 6.03 Å². The molecule has 5 rings (SSSR count). The van der Waals surface area contributed by atoms with Gasteiger partial charge in [-0.25, -0.2) is 13.6 Å². The van der Waals surface area contributed by atoms with Crippen LogP contribution >= 0.6 is 12.4 Å². The van der Waals surface area contributed by atoms with Crippen LogP contribution < -0.4 is 10.2 Å². The molecule has 2 heterocycles. The molecular formula is C26H37ClF2N4O. The van der Waals surface area contributed by atoms with Gasteiger partial charge < -0.3 is 4.90 Å². The molecular weight excluding hydrogens is 458 g/mol. The van der Waals surface area contributed by atoms with Crippen LogP contribution in [-0.2, 0) is 0 Å². The van der Waals surface area contributed by atoms with Crippen molar-refractivity contribution in [2.24, 2.45) is 10.9 Å². The maximum absolute atomic E-state index is 14.7. The van der Waals surface area contributed by atoms with Gasteiger partial charge in [-0.3, -0.25) is 15.2 Å². The van der Waals surface area contributed by atoms with Crippen molar-refractivity contribution in [2.45, 2.75) is 94.9 Å². The molecule has 0 bridgehead atoms. The summed E-state index contributed by atoms with van der Waals surface area (Å²) in [5.41, 5.74) is -0.150. The fourth-order valence-electron chi connectivity index (χ4n) is 6.57. The highest BCUT2D eigenvalue weighted by Crippen LogP contribution is 2.41. The number of hydrogen-bond acceptors (Lipinski definition) is 3. The number of amides is 2. The molecule has 1 N–H and O–H groups in total. The minimum absolute atomic E-state index is 0. The Morgan fingerprint density at radius 3 is 2.59 bits per heavy atom. The van der Waals surface area contributed by atoms with Crippen molar-refractivity contribution in [3.63, 3.8) is 0 Å². The molecule has 188 valence electrons. The van der Waals surface area contributed by atoms with E-state index < -0.39 is 17.8 Å². The highest BCUT2D eigenvalue weighted by molar-refractivity contribution is 6.19. The van der Waals surface area contributed by atoms with E-state index in [0.717, 1.165) is 31.8 Å². The van der Waals surface area contributed by atoms with Crippen LogP contribution in [0, 0.1) is 11.7 Å². The standard InChI is InChI=1S/C26H36F2N4O.ClH/c1-18-16-26(13-14-31(18)17-19-7-2-3-8-19)24(29-23-12-5-4-11-22(23)28)30-25(33)32(26)21-10-6-9-20(27)15-21;/h6,9-10,15,18-19,22-23H,2-5,7-8,11-14,16-17H2,1H3,(H,29,30,33);1H/t18-,22+,23+,26+;/m0./s1. The quantitative estimate of drug-likeness (QED) is 0.569. The summed E-state index contributed by atoms with van der Waals surface area (Å²) >= 11 is 0. The maximum atomic E-state index is 14.7. The lowest BCUT2D eigenvalue weighted by Gasteiger charge is -2.47. The van der Waals surface area contributed by atoms with Crippen LogP contribution in [0.2, 0.25) is 0 Å². The van der Waals surface area contributed by atoms with Crippen LogP contribution in [0.4, 0.5) is 19.3 Å². The topological polar surface area (TPSA) is 47.9 Å². The normalized spacial score (nSPS) is 34.0. The fraction of sp³-hybridized carbons (Fsp3) is 0.692. The molecule has 1 spiro atoms. The van der Waals surface area contributed by atoms with Crippen LogP contribution in [0.3, 0.4) is 0 Å². The van der Waals surface area contributed by atoms with Crippen molar-refractivity contribution in [3.8, 4) is 0 Å². The van der Waals surface area contributed by atoms with Gasteiger partial charge in [0.1, 0.15) is 23.4 Å². The zero-order valence-corrected chi connectivity index (χ0v) is 20.8. The molecule has 4 aliphatic rings. The SMILES string of the molecule is C[C@H]1C[C@]2(CCN1CC1CCCC1)C(=N[C@@H]1CCCC[C@H]1F)NC(=O)N2c1cccc(F)c1.Cl. The first kappa shape index (κ1) is 25.4. The number of piperidine rings is 1. The number of carbonyl (C=O) groups excluding carboxylic acids is 1. The number of alkyl halides is 1. The Hall–Kier alpha value is -1.73. The van der Waals surface area contributed by atoms with E-state index in [1.165, 1.54) is 37.8 Å². The van der Waals surface area contributed by atoms with Gasteiger partial charge in [-0.05, 0) is 69.6 Å². The third-order valence-electron chi connectivity index (χ3n) is 8.34. The van der Waals surface area contributed by atoms with Gasteiger partial charge in [-0.1, -0.05) is 31.7 Å². The summed E-state index contributed by atoms with van der Waals surface area (Å²) in [6, 6.07) is 5.77. The Morgan fingerprint density at radius 2 is 1.88 bits per heavy atom. The number of nitrogens with zero attached hydrogens (tertiary/aromatic N) is 3. The van der Waals surface area contributed by atoms with Gasteiger partial charge in [-0.15, -0.1) is 12.4 Å². The van der Waals surface area contributed by atoms with E-state index >= 15 is 0 Å². The van der Waals surface area contributed by atoms with E-state index in [4.69, 9.17) is 4.99 Å². The average Bonchev–Trinajstić information content (AvgIpc) is 3.38. The van der Waals surface area contributed by atoms with E-state index in [9.17, 15) is 13.6 Å². The Balaban J connectivity index is 0.00000274. The van der Waals surface area contributed by atoms with Crippen molar-refractivity contribution in [2.75, 3.05) is 18.0 Å². The largest absolute Gasteiger partial charge is 0.328 e. The number of anilines is 1. The number of nitrogens with one attached hydrogen (secondary N) is 1. The third kappa shape index (κ3) is 4.83. The number of halogens is 3. The predicted octanol–water partition coefficient (Wildman–Crippen LogP) is 5.87. The number of likely N-dealkylation sites (tertiary alicyclic amines) is 1. The molecule has 2 aliphatic carbocycles. The molecule has 2 amide bonds. The zero-order chi connectivity index (χ0) is 23.0. The molecule has 0 aromatic heterocycles. The average molecular weight is 495 g/mol. The maximum Gasteiger partial charge on any atom is 0.328 e. The number of benzene rings is 1. The Kier molecular flexibility index (Phi) is 7.82. The first-order valence-corrected chi connectivity index (χ1v) is 12.8. The van der Waals surface area contributed by atoms with E-state index in [1.807, 2.05) is 0 Å². The molecule has 4 atom stereocenters. The Morgan fingerprint density at radius 1 is 1.15 bits per heavy atom. The third-order valence-corrected chi connectivity index (χ3v) is 8.34. The number of aliphatic imine (C=N–C) groups is 1. The van der Waals surface area contributed by atoms with Gasteiger partial charge in [0, 0.05) is 24.8 Å². The first-order chi connectivity index (χ1) is 16.0. The summed E-state index contributed by atoms with van der Waals surface area (Å²) in [5, 5.41) is 2.99. The molecule has 0 radical (unpaired) electrons. The molecule has 4 fully saturated rings. The van der Waals surface area contributed by atoms with E-state index in [0.29, 0.717) is 37.2 Å². The van der Waals surface area contributed by atoms with Gasteiger partial charge in [0.05, 0.1) is 6.04 Å². The molecule has 2 saturated carbocycles. The predicted molar refractivity (Wildman–Crippen MR) is 134 cm³/mol. The van der Waals surface area contributed by atoms with Crippen molar-refractivity contribution in [1.82, 2.24) is 10.2 Å². The Labute approximate surface area is 207 Å². The lowest BCUT2D eigenvalue weighted by atomic mass is 9.80. The van der Waals surface area contributed by atoms with Crippen molar-refractivity contribution in [1.29, 1.82) is 0 Å². The lowest BCUT2D eigenvalue weighted by molar-refractivity contribution is 0.112. The molecule has 5 nitrogen and oxygen atoms in total. The number of amidine groups is 1. The van der Waals surface area contributed by atoms with Crippen molar-refractivity contribution in [3.05, 3.63) is 30.1 Å². The summed E-state index contributed by atoms with van der Waals surface area (Å²) in [6.45, 7) is 4.17. The summed E-state index contributed by atoms with van der Waals surface area (Å²) in [5.74, 6) is 0.967. The summed E-state index contributed by atoms with van der Waals surface area (Å²) in [4.78, 5) is 22.4. The summed E-state index contributed by atoms with van der Waals surface area (Å²) < 4.78 is 28.8. The molecule has 1 aromatic carbocycles. The minimum Gasteiger partial charge on any atom is -0.300 e. The highest BCUT2D eigenvalue weighted by Gasteiger charge is 2.55. The van der Waals surface area contributed by atoms with E-state index in [-0.39, 0.29) is 30.3 Å². The van der Waals surface area contributed by atoms with Crippen LogP contribution in [-0.4, -0.2) is 53.7 Å². The van der Waals surface area contributed by atoms with E-state index in [2.05, 4.69) is 17.1 Å². The van der Waals surface area contributed by atoms with Crippen LogP contribution in [0.5, 0.6) is 0 Å². The van der Waals surface area contributed by atoms with E-state index in [1.54, 1.807) is 17.0 Å². The molecule has 0 unspecified atom stereocenters. The number of rotatable bonds is 4. The van der Waals surface area contributed by atoms with Gasteiger partial charge in [0.15, 0.2) is 0 Å². The van der Waals surface area contributed by atoms with Gasteiger partial charge in [0.2, 0.25) is 0 Å². The smallest absolute Gasteiger partial charge is 0.300 e. The molecule has 2 aliphatic heterocycles. The highest BCUT2D eigenvalue weighted by atomic mass is 35.5. The first-order valence-electron chi connectivity index (χ1n) is 12.8. The molecule has 2 saturated heterocycles. The number of carbonyl (C=O) groups is 1. The number of urea groups is 1. The van der Waals surface area contributed by atoms with Crippen LogP contribution in [0.25, 0.3) is 0 Å². The summed E-state index contributed by atoms with van der Waals surface area (Å²) in [7, 11) is 0. The molecule has 8 heteroatoms. The molecule has 1 aromatic rings. The Bertz CT molecular complexity index is 909. The second-order valence-electron chi connectivity index (χ2n) is 10.6. The van der Waals surface area contributed by atoms with Gasteiger partial charge in [-0.2, -0.15) is 0 Å². The van der Waals surface area contributed by atoms with Crippen molar-refractivity contribution < 1.29 is 13.6 Å². The fourth-order valence-corrected chi connectivity index (χ4v) is 6.57.